The van der Waals surface area contributed by atoms with E-state index in [0.717, 1.165) is 6.42 Å². The Labute approximate surface area is 73.1 Å². The molecule has 0 fully saturated rings. The highest BCUT2D eigenvalue weighted by molar-refractivity contribution is 5.75. The average molecular weight is 174 g/mol. The fraction of sp³-hybridized carbons (Fsp3) is 0.875. The van der Waals surface area contributed by atoms with Gasteiger partial charge in [0.2, 0.25) is 5.91 Å². The smallest absolute Gasteiger partial charge is 0.220 e. The number of aliphatic hydroxyl groups is 1. The summed E-state index contributed by atoms with van der Waals surface area (Å²) in [5.74, 6) is -0.00986. The van der Waals surface area contributed by atoms with Crippen LogP contribution in [-0.4, -0.2) is 30.2 Å². The summed E-state index contributed by atoms with van der Waals surface area (Å²) in [7, 11) is 0. The SMILES string of the molecule is CC(O)CCC(=O)NCCCN. The van der Waals surface area contributed by atoms with Crippen LogP contribution >= 0.6 is 0 Å². The van der Waals surface area contributed by atoms with E-state index < -0.39 is 6.10 Å². The Kier molecular flexibility index (Phi) is 6.70. The molecule has 4 nitrogen and oxygen atoms in total. The van der Waals surface area contributed by atoms with E-state index in [1.54, 1.807) is 6.92 Å². The molecule has 0 rings (SSSR count). The molecule has 1 amide bonds. The van der Waals surface area contributed by atoms with Crippen molar-refractivity contribution in [3.8, 4) is 0 Å². The molecular formula is C8H18N2O2. The number of nitrogens with one attached hydrogen (secondary N) is 1. The first-order valence-electron chi connectivity index (χ1n) is 4.31. The van der Waals surface area contributed by atoms with Crippen molar-refractivity contribution in [1.29, 1.82) is 0 Å². The van der Waals surface area contributed by atoms with Gasteiger partial charge >= 0.3 is 0 Å². The largest absolute Gasteiger partial charge is 0.393 e. The molecule has 0 saturated carbocycles. The molecule has 72 valence electrons. The van der Waals surface area contributed by atoms with Crippen LogP contribution in [-0.2, 0) is 4.79 Å². The minimum absolute atomic E-state index is 0.00986. The molecule has 4 heteroatoms. The molecule has 0 aliphatic carbocycles. The van der Waals surface area contributed by atoms with Crippen LogP contribution in [0.3, 0.4) is 0 Å². The first-order valence-corrected chi connectivity index (χ1v) is 4.31. The summed E-state index contributed by atoms with van der Waals surface area (Å²) in [6, 6.07) is 0. The number of hydrogen-bond acceptors (Lipinski definition) is 3. The minimum Gasteiger partial charge on any atom is -0.393 e. The third-order valence-electron chi connectivity index (χ3n) is 1.49. The number of aliphatic hydroxyl groups excluding tert-OH is 1. The van der Waals surface area contributed by atoms with E-state index in [1.807, 2.05) is 0 Å². The van der Waals surface area contributed by atoms with Gasteiger partial charge in [0.1, 0.15) is 0 Å². The maximum absolute atomic E-state index is 11.0. The van der Waals surface area contributed by atoms with E-state index in [1.165, 1.54) is 0 Å². The van der Waals surface area contributed by atoms with Gasteiger partial charge in [-0.1, -0.05) is 0 Å². The summed E-state index contributed by atoms with van der Waals surface area (Å²) in [5, 5.41) is 11.6. The second-order valence-corrected chi connectivity index (χ2v) is 2.88. The Bertz CT molecular complexity index is 126. The predicted octanol–water partition coefficient (Wildman–Crippen LogP) is -0.388. The fourth-order valence-electron chi connectivity index (χ4n) is 0.758. The van der Waals surface area contributed by atoms with Gasteiger partial charge in [0.05, 0.1) is 6.10 Å². The lowest BCUT2D eigenvalue weighted by atomic mass is 10.2. The molecule has 0 aliphatic rings. The van der Waals surface area contributed by atoms with Gasteiger partial charge in [-0.3, -0.25) is 4.79 Å². The van der Waals surface area contributed by atoms with E-state index >= 15 is 0 Å². The van der Waals surface area contributed by atoms with Crippen LogP contribution < -0.4 is 11.1 Å². The molecular weight excluding hydrogens is 156 g/mol. The molecule has 1 atom stereocenters. The zero-order valence-electron chi connectivity index (χ0n) is 7.55. The lowest BCUT2D eigenvalue weighted by molar-refractivity contribution is -0.121. The highest BCUT2D eigenvalue weighted by Crippen LogP contribution is 1.94. The predicted molar refractivity (Wildman–Crippen MR) is 47.6 cm³/mol. The van der Waals surface area contributed by atoms with Crippen LogP contribution in [0.15, 0.2) is 0 Å². The van der Waals surface area contributed by atoms with Crippen molar-refractivity contribution in [2.45, 2.75) is 32.3 Å². The summed E-state index contributed by atoms with van der Waals surface area (Å²) < 4.78 is 0. The Morgan fingerprint density at radius 3 is 2.83 bits per heavy atom. The number of hydrogen-bond donors (Lipinski definition) is 3. The van der Waals surface area contributed by atoms with E-state index in [-0.39, 0.29) is 5.91 Å². The van der Waals surface area contributed by atoms with E-state index in [2.05, 4.69) is 5.32 Å². The highest BCUT2D eigenvalue weighted by atomic mass is 16.3. The molecule has 0 aromatic carbocycles. The molecule has 4 N–H and O–H groups in total. The lowest BCUT2D eigenvalue weighted by Crippen LogP contribution is -2.26. The van der Waals surface area contributed by atoms with Gasteiger partial charge in [-0.25, -0.2) is 0 Å². The summed E-state index contributed by atoms with van der Waals surface area (Å²) in [4.78, 5) is 11.0. The van der Waals surface area contributed by atoms with Crippen molar-refractivity contribution in [3.63, 3.8) is 0 Å². The van der Waals surface area contributed by atoms with Gasteiger partial charge in [-0.15, -0.1) is 0 Å². The number of nitrogens with two attached hydrogens (primary N) is 1. The van der Waals surface area contributed by atoms with Gasteiger partial charge in [-0.2, -0.15) is 0 Å². The number of rotatable bonds is 6. The average Bonchev–Trinajstić information content (AvgIpc) is 2.01. The van der Waals surface area contributed by atoms with Gasteiger partial charge in [0, 0.05) is 13.0 Å². The summed E-state index contributed by atoms with van der Waals surface area (Å²) >= 11 is 0. The first kappa shape index (κ1) is 11.4. The summed E-state index contributed by atoms with van der Waals surface area (Å²) in [6.07, 6.45) is 1.32. The van der Waals surface area contributed by atoms with Crippen molar-refractivity contribution >= 4 is 5.91 Å². The number of amides is 1. The molecule has 0 bridgehead atoms. The Morgan fingerprint density at radius 1 is 1.67 bits per heavy atom. The molecule has 12 heavy (non-hydrogen) atoms. The molecule has 0 radical (unpaired) electrons. The molecule has 0 heterocycles. The third-order valence-corrected chi connectivity index (χ3v) is 1.49. The van der Waals surface area contributed by atoms with Crippen LogP contribution in [0.25, 0.3) is 0 Å². The van der Waals surface area contributed by atoms with E-state index in [4.69, 9.17) is 10.8 Å². The fourth-order valence-corrected chi connectivity index (χ4v) is 0.758. The quantitative estimate of drug-likeness (QED) is 0.480. The van der Waals surface area contributed by atoms with Crippen LogP contribution in [0.1, 0.15) is 26.2 Å². The van der Waals surface area contributed by atoms with Gasteiger partial charge < -0.3 is 16.2 Å². The monoisotopic (exact) mass is 174 g/mol. The molecule has 0 saturated heterocycles. The Balaban J connectivity index is 3.22. The summed E-state index contributed by atoms with van der Waals surface area (Å²) in [5.41, 5.74) is 5.25. The third kappa shape index (κ3) is 7.50. The van der Waals surface area contributed by atoms with Crippen molar-refractivity contribution < 1.29 is 9.90 Å². The Morgan fingerprint density at radius 2 is 2.33 bits per heavy atom. The topological polar surface area (TPSA) is 75.3 Å². The van der Waals surface area contributed by atoms with Gasteiger partial charge in [0.25, 0.3) is 0 Å². The molecule has 0 aliphatic heterocycles. The van der Waals surface area contributed by atoms with Crippen molar-refractivity contribution in [2.75, 3.05) is 13.1 Å². The maximum atomic E-state index is 11.0. The highest BCUT2D eigenvalue weighted by Gasteiger charge is 2.02. The lowest BCUT2D eigenvalue weighted by Gasteiger charge is -2.05. The Hall–Kier alpha value is -0.610. The van der Waals surface area contributed by atoms with Gasteiger partial charge in [-0.05, 0) is 26.3 Å². The second kappa shape index (κ2) is 7.06. The van der Waals surface area contributed by atoms with Crippen molar-refractivity contribution in [3.05, 3.63) is 0 Å². The summed E-state index contributed by atoms with van der Waals surface area (Å²) in [6.45, 7) is 2.90. The van der Waals surface area contributed by atoms with Crippen LogP contribution in [0.5, 0.6) is 0 Å². The van der Waals surface area contributed by atoms with Crippen LogP contribution in [0.2, 0.25) is 0 Å². The first-order chi connectivity index (χ1) is 5.66. The molecule has 1 unspecified atom stereocenters. The van der Waals surface area contributed by atoms with Gasteiger partial charge in [0.15, 0.2) is 0 Å². The zero-order chi connectivity index (χ0) is 9.40. The zero-order valence-corrected chi connectivity index (χ0v) is 7.55. The van der Waals surface area contributed by atoms with Crippen molar-refractivity contribution in [2.24, 2.45) is 5.73 Å². The standard InChI is InChI=1S/C8H18N2O2/c1-7(11)3-4-8(12)10-6-2-5-9/h7,11H,2-6,9H2,1H3,(H,10,12). The minimum atomic E-state index is -0.398. The molecule has 0 aromatic heterocycles. The normalized spacial score (nSPS) is 12.6. The molecule has 0 spiro atoms. The number of carbonyl (C=O) groups is 1. The number of carbonyl (C=O) groups excluding carboxylic acids is 1. The van der Waals surface area contributed by atoms with Crippen molar-refractivity contribution in [1.82, 2.24) is 5.32 Å². The van der Waals surface area contributed by atoms with E-state index in [0.29, 0.717) is 25.9 Å². The second-order valence-electron chi connectivity index (χ2n) is 2.88. The van der Waals surface area contributed by atoms with Crippen LogP contribution in [0, 0.1) is 0 Å². The maximum Gasteiger partial charge on any atom is 0.220 e. The van der Waals surface area contributed by atoms with Crippen LogP contribution in [0.4, 0.5) is 0 Å². The van der Waals surface area contributed by atoms with E-state index in [9.17, 15) is 4.79 Å². The molecule has 0 aromatic rings.